The third-order valence-corrected chi connectivity index (χ3v) is 1.68. The monoisotopic (exact) mass is 179 g/mol. The summed E-state index contributed by atoms with van der Waals surface area (Å²) < 4.78 is 0. The summed E-state index contributed by atoms with van der Waals surface area (Å²) >= 11 is 0. The highest BCUT2D eigenvalue weighted by Gasteiger charge is 2.08. The Morgan fingerprint density at radius 1 is 1.38 bits per heavy atom. The van der Waals surface area contributed by atoms with Gasteiger partial charge in [-0.25, -0.2) is 4.99 Å². The van der Waals surface area contributed by atoms with Crippen molar-refractivity contribution in [3.8, 4) is 0 Å². The van der Waals surface area contributed by atoms with Gasteiger partial charge in [0, 0.05) is 5.56 Å². The molecule has 4 N–H and O–H groups in total. The first-order valence-corrected chi connectivity index (χ1v) is 4.07. The van der Waals surface area contributed by atoms with Gasteiger partial charge in [-0.1, -0.05) is 13.3 Å². The third-order valence-electron chi connectivity index (χ3n) is 1.68. The van der Waals surface area contributed by atoms with Crippen molar-refractivity contribution in [2.75, 3.05) is 11.5 Å². The molecule has 0 radical (unpaired) electrons. The van der Waals surface area contributed by atoms with Gasteiger partial charge in [-0.05, 0) is 13.1 Å². The second kappa shape index (κ2) is 3.84. The molecule has 1 aromatic rings. The van der Waals surface area contributed by atoms with Gasteiger partial charge in [0.1, 0.15) is 5.82 Å². The number of hydrogen-bond acceptors (Lipinski definition) is 5. The van der Waals surface area contributed by atoms with Gasteiger partial charge >= 0.3 is 0 Å². The molecule has 0 aromatic carbocycles. The predicted molar refractivity (Wildman–Crippen MR) is 54.1 cm³/mol. The van der Waals surface area contributed by atoms with Crippen LogP contribution in [0.15, 0.2) is 4.99 Å². The number of nitrogens with zero attached hydrogens (tertiary/aromatic N) is 3. The Bertz CT molecular complexity index is 321. The van der Waals surface area contributed by atoms with Crippen LogP contribution in [0.1, 0.15) is 18.9 Å². The minimum Gasteiger partial charge on any atom is -0.383 e. The van der Waals surface area contributed by atoms with Crippen LogP contribution in [0.3, 0.4) is 0 Å². The van der Waals surface area contributed by atoms with Crippen molar-refractivity contribution in [1.82, 2.24) is 9.97 Å². The fraction of sp³-hybridized carbons (Fsp3) is 0.375. The van der Waals surface area contributed by atoms with Gasteiger partial charge in [-0.15, -0.1) is 0 Å². The number of aromatic nitrogens is 2. The van der Waals surface area contributed by atoms with Crippen molar-refractivity contribution < 1.29 is 0 Å². The molecule has 0 aliphatic heterocycles. The maximum Gasteiger partial charge on any atom is 0.224 e. The van der Waals surface area contributed by atoms with E-state index in [0.717, 1.165) is 18.4 Å². The highest BCUT2D eigenvalue weighted by molar-refractivity contribution is 5.57. The maximum absolute atomic E-state index is 5.66. The van der Waals surface area contributed by atoms with Gasteiger partial charge in [0.25, 0.3) is 0 Å². The second-order valence-corrected chi connectivity index (χ2v) is 2.68. The second-order valence-electron chi connectivity index (χ2n) is 2.68. The fourth-order valence-corrected chi connectivity index (χ4v) is 1.13. The summed E-state index contributed by atoms with van der Waals surface area (Å²) in [5.74, 6) is 1.03. The first-order valence-electron chi connectivity index (χ1n) is 4.07. The van der Waals surface area contributed by atoms with E-state index in [4.69, 9.17) is 11.5 Å². The summed E-state index contributed by atoms with van der Waals surface area (Å²) in [6.45, 7) is 5.45. The molecule has 0 saturated heterocycles. The highest BCUT2D eigenvalue weighted by atomic mass is 15.1. The lowest BCUT2D eigenvalue weighted by Gasteiger charge is -2.06. The van der Waals surface area contributed by atoms with E-state index in [1.807, 2.05) is 6.92 Å². The molecule has 0 unspecified atom stereocenters. The number of nitrogen functional groups attached to an aromatic ring is 2. The lowest BCUT2D eigenvalue weighted by atomic mass is 10.1. The van der Waals surface area contributed by atoms with Crippen LogP contribution in [0.5, 0.6) is 0 Å². The lowest BCUT2D eigenvalue weighted by molar-refractivity contribution is 0.907. The van der Waals surface area contributed by atoms with E-state index in [9.17, 15) is 0 Å². The third kappa shape index (κ3) is 1.93. The first-order chi connectivity index (χ1) is 6.19. The maximum atomic E-state index is 5.66. The Labute approximate surface area is 76.9 Å². The van der Waals surface area contributed by atoms with E-state index in [0.29, 0.717) is 11.6 Å². The molecule has 0 fully saturated rings. The summed E-state index contributed by atoms with van der Waals surface area (Å²) in [7, 11) is 0. The van der Waals surface area contributed by atoms with E-state index < -0.39 is 0 Å². The predicted octanol–water partition coefficient (Wildman–Crippen LogP) is 0.926. The molecule has 0 bridgehead atoms. The topological polar surface area (TPSA) is 90.2 Å². The Balaban J connectivity index is 3.21. The fourth-order valence-electron chi connectivity index (χ4n) is 1.13. The van der Waals surface area contributed by atoms with Gasteiger partial charge in [0.15, 0.2) is 5.82 Å². The van der Waals surface area contributed by atoms with Crippen LogP contribution in [0, 0.1) is 0 Å². The van der Waals surface area contributed by atoms with Crippen LogP contribution >= 0.6 is 0 Å². The molecule has 0 atom stereocenters. The van der Waals surface area contributed by atoms with Crippen molar-refractivity contribution in [3.05, 3.63) is 5.56 Å². The van der Waals surface area contributed by atoms with Crippen molar-refractivity contribution in [3.63, 3.8) is 0 Å². The van der Waals surface area contributed by atoms with Gasteiger partial charge < -0.3 is 11.5 Å². The van der Waals surface area contributed by atoms with Crippen molar-refractivity contribution in [1.29, 1.82) is 0 Å². The first kappa shape index (κ1) is 9.44. The summed E-state index contributed by atoms with van der Waals surface area (Å²) in [6, 6.07) is 0. The molecule has 0 saturated carbocycles. The Morgan fingerprint density at radius 3 is 2.62 bits per heavy atom. The molecule has 5 nitrogen and oxygen atoms in total. The van der Waals surface area contributed by atoms with E-state index in [1.54, 1.807) is 0 Å². The van der Waals surface area contributed by atoms with Crippen LogP contribution in [-0.2, 0) is 6.42 Å². The Kier molecular flexibility index (Phi) is 2.79. The number of nitrogens with two attached hydrogens (primary N) is 2. The minimum atomic E-state index is 0.139. The molecule has 13 heavy (non-hydrogen) atoms. The van der Waals surface area contributed by atoms with Crippen molar-refractivity contribution in [2.24, 2.45) is 4.99 Å². The summed E-state index contributed by atoms with van der Waals surface area (Å²) in [5, 5.41) is 0. The molecular weight excluding hydrogens is 166 g/mol. The molecule has 0 aliphatic carbocycles. The van der Waals surface area contributed by atoms with Gasteiger partial charge in [-0.2, -0.15) is 9.97 Å². The molecular formula is C8H13N5. The average molecular weight is 179 g/mol. The summed E-state index contributed by atoms with van der Waals surface area (Å²) in [5.41, 5.74) is 11.9. The zero-order valence-corrected chi connectivity index (χ0v) is 7.62. The number of hydrogen-bond donors (Lipinski definition) is 2. The van der Waals surface area contributed by atoms with E-state index in [-0.39, 0.29) is 5.95 Å². The summed E-state index contributed by atoms with van der Waals surface area (Å²) in [6.07, 6.45) is 1.75. The Morgan fingerprint density at radius 2 is 2.08 bits per heavy atom. The number of aliphatic imine (C=N–C) groups is 1. The van der Waals surface area contributed by atoms with E-state index in [1.165, 1.54) is 0 Å². The molecule has 0 amide bonds. The van der Waals surface area contributed by atoms with Crippen LogP contribution in [-0.4, -0.2) is 16.7 Å². The van der Waals surface area contributed by atoms with Crippen LogP contribution in [0.25, 0.3) is 0 Å². The SMILES string of the molecule is C=Nc1nc(N)nc(N)c1CCC. The van der Waals surface area contributed by atoms with Gasteiger partial charge in [-0.3, -0.25) is 0 Å². The lowest BCUT2D eigenvalue weighted by Crippen LogP contribution is -2.04. The number of rotatable bonds is 3. The quantitative estimate of drug-likeness (QED) is 0.675. The largest absolute Gasteiger partial charge is 0.383 e. The van der Waals surface area contributed by atoms with Crippen molar-refractivity contribution in [2.45, 2.75) is 19.8 Å². The van der Waals surface area contributed by atoms with Gasteiger partial charge in [0.05, 0.1) is 0 Å². The summed E-state index contributed by atoms with van der Waals surface area (Å²) in [4.78, 5) is 11.5. The molecule has 1 rings (SSSR count). The molecule has 70 valence electrons. The van der Waals surface area contributed by atoms with Crippen LogP contribution in [0.2, 0.25) is 0 Å². The molecule has 5 heteroatoms. The van der Waals surface area contributed by atoms with E-state index >= 15 is 0 Å². The average Bonchev–Trinajstić information content (AvgIpc) is 2.09. The normalized spacial score (nSPS) is 9.92. The van der Waals surface area contributed by atoms with Crippen molar-refractivity contribution >= 4 is 24.3 Å². The Hall–Kier alpha value is -1.65. The standard InChI is InChI=1S/C8H13N5/c1-3-4-5-6(9)12-8(10)13-7(5)11-2/h2-4H2,1H3,(H4,9,10,12,13). The highest BCUT2D eigenvalue weighted by Crippen LogP contribution is 2.22. The van der Waals surface area contributed by atoms with E-state index in [2.05, 4.69) is 21.7 Å². The zero-order valence-electron chi connectivity index (χ0n) is 7.62. The molecule has 0 spiro atoms. The van der Waals surface area contributed by atoms with Crippen LogP contribution < -0.4 is 11.5 Å². The van der Waals surface area contributed by atoms with Gasteiger partial charge in [0.2, 0.25) is 5.95 Å². The van der Waals surface area contributed by atoms with Crippen LogP contribution in [0.4, 0.5) is 17.6 Å². The molecule has 1 aromatic heterocycles. The molecule has 1 heterocycles. The zero-order chi connectivity index (χ0) is 9.84. The minimum absolute atomic E-state index is 0.139. The molecule has 0 aliphatic rings. The smallest absolute Gasteiger partial charge is 0.224 e. The number of anilines is 2.